The van der Waals surface area contributed by atoms with Crippen molar-refractivity contribution in [2.24, 2.45) is 11.8 Å². The van der Waals surface area contributed by atoms with Crippen LogP contribution in [0.5, 0.6) is 0 Å². The molecule has 0 spiro atoms. The number of carbonyl (C=O) groups is 2. The first-order chi connectivity index (χ1) is 7.99. The van der Waals surface area contributed by atoms with E-state index in [0.29, 0.717) is 17.7 Å². The maximum absolute atomic E-state index is 13.2. The number of hydrogen-bond donors (Lipinski definition) is 2. The van der Waals surface area contributed by atoms with Gasteiger partial charge < -0.3 is 10.4 Å². The molecule has 1 aromatic rings. The Balaban J connectivity index is 2.00. The molecule has 1 aliphatic rings. The van der Waals surface area contributed by atoms with Crippen molar-refractivity contribution in [3.05, 3.63) is 29.6 Å². The molecule has 1 aliphatic carbocycles. The average molecular weight is 237 g/mol. The molecule has 2 unspecified atom stereocenters. The Bertz CT molecular complexity index is 487. The smallest absolute Gasteiger partial charge is 0.307 e. The molecular weight excluding hydrogens is 225 g/mol. The van der Waals surface area contributed by atoms with Gasteiger partial charge in [0.15, 0.2) is 0 Å². The lowest BCUT2D eigenvalue weighted by atomic mass is 10.2. The van der Waals surface area contributed by atoms with Crippen LogP contribution in [0.1, 0.15) is 12.0 Å². The minimum Gasteiger partial charge on any atom is -0.481 e. The van der Waals surface area contributed by atoms with Gasteiger partial charge in [-0.2, -0.15) is 0 Å². The molecule has 0 bridgehead atoms. The topological polar surface area (TPSA) is 66.4 Å². The zero-order valence-electron chi connectivity index (χ0n) is 9.24. The fourth-order valence-electron chi connectivity index (χ4n) is 1.66. The minimum atomic E-state index is -0.958. The highest BCUT2D eigenvalue weighted by atomic mass is 19.1. The lowest BCUT2D eigenvalue weighted by Gasteiger charge is -2.05. The Kier molecular flexibility index (Phi) is 2.83. The highest BCUT2D eigenvalue weighted by molar-refractivity contribution is 5.98. The molecule has 2 rings (SSSR count). The van der Waals surface area contributed by atoms with Crippen molar-refractivity contribution >= 4 is 17.6 Å². The van der Waals surface area contributed by atoms with E-state index in [9.17, 15) is 14.0 Å². The van der Waals surface area contributed by atoms with Crippen LogP contribution in [-0.2, 0) is 9.59 Å². The Hall–Kier alpha value is -1.91. The standard InChI is InChI=1S/C12H12FNO3/c1-6-2-3-7(4-10(6)13)14-11(15)8-5-9(8)12(16)17/h2-4,8-9H,5H2,1H3,(H,14,15)(H,16,17). The van der Waals surface area contributed by atoms with Gasteiger partial charge in [-0.05, 0) is 31.0 Å². The average Bonchev–Trinajstić information content (AvgIpc) is 3.03. The summed E-state index contributed by atoms with van der Waals surface area (Å²) >= 11 is 0. The van der Waals surface area contributed by atoms with E-state index < -0.39 is 23.6 Å². The van der Waals surface area contributed by atoms with Gasteiger partial charge in [0.1, 0.15) is 5.82 Å². The summed E-state index contributed by atoms with van der Waals surface area (Å²) in [6.07, 6.45) is 0.357. The zero-order chi connectivity index (χ0) is 12.6. The molecule has 2 atom stereocenters. The third kappa shape index (κ3) is 2.43. The van der Waals surface area contributed by atoms with Gasteiger partial charge in [0.25, 0.3) is 0 Å². The maximum Gasteiger partial charge on any atom is 0.307 e. The molecule has 1 amide bonds. The predicted octanol–water partition coefficient (Wildman–Crippen LogP) is 1.79. The molecule has 4 nitrogen and oxygen atoms in total. The number of carbonyl (C=O) groups excluding carboxylic acids is 1. The van der Waals surface area contributed by atoms with Crippen LogP contribution in [0, 0.1) is 24.6 Å². The van der Waals surface area contributed by atoms with E-state index in [1.807, 2.05) is 0 Å². The van der Waals surface area contributed by atoms with Gasteiger partial charge in [-0.3, -0.25) is 9.59 Å². The summed E-state index contributed by atoms with van der Waals surface area (Å²) in [4.78, 5) is 22.2. The number of anilines is 1. The number of hydrogen-bond acceptors (Lipinski definition) is 2. The van der Waals surface area contributed by atoms with Gasteiger partial charge in [0.2, 0.25) is 5.91 Å². The van der Waals surface area contributed by atoms with Crippen LogP contribution in [0.3, 0.4) is 0 Å². The van der Waals surface area contributed by atoms with Crippen LogP contribution in [0.15, 0.2) is 18.2 Å². The lowest BCUT2D eigenvalue weighted by molar-refractivity contribution is -0.139. The van der Waals surface area contributed by atoms with Gasteiger partial charge in [-0.15, -0.1) is 0 Å². The molecule has 1 fully saturated rings. The van der Waals surface area contributed by atoms with E-state index in [4.69, 9.17) is 5.11 Å². The van der Waals surface area contributed by atoms with E-state index in [1.165, 1.54) is 6.07 Å². The number of halogens is 1. The van der Waals surface area contributed by atoms with Crippen LogP contribution in [0.4, 0.5) is 10.1 Å². The number of nitrogens with one attached hydrogen (secondary N) is 1. The molecule has 0 saturated heterocycles. The summed E-state index contributed by atoms with van der Waals surface area (Å²) in [5.41, 5.74) is 0.854. The molecule has 1 aromatic carbocycles. The number of aryl methyl sites for hydroxylation is 1. The molecule has 0 aliphatic heterocycles. The van der Waals surface area contributed by atoms with Gasteiger partial charge in [-0.25, -0.2) is 4.39 Å². The van der Waals surface area contributed by atoms with Crippen molar-refractivity contribution in [3.8, 4) is 0 Å². The van der Waals surface area contributed by atoms with E-state index >= 15 is 0 Å². The largest absolute Gasteiger partial charge is 0.481 e. The maximum atomic E-state index is 13.2. The summed E-state index contributed by atoms with van der Waals surface area (Å²) in [6.45, 7) is 1.63. The number of aliphatic carboxylic acids is 1. The number of rotatable bonds is 3. The Morgan fingerprint density at radius 3 is 2.65 bits per heavy atom. The van der Waals surface area contributed by atoms with Gasteiger partial charge in [0.05, 0.1) is 11.8 Å². The van der Waals surface area contributed by atoms with E-state index in [2.05, 4.69) is 5.32 Å². The van der Waals surface area contributed by atoms with Crippen LogP contribution in [0.2, 0.25) is 0 Å². The third-order valence-electron chi connectivity index (χ3n) is 2.88. The van der Waals surface area contributed by atoms with Crippen LogP contribution < -0.4 is 5.32 Å². The van der Waals surface area contributed by atoms with Crippen molar-refractivity contribution in [2.75, 3.05) is 5.32 Å². The molecule has 90 valence electrons. The zero-order valence-corrected chi connectivity index (χ0v) is 9.24. The van der Waals surface area contributed by atoms with E-state index in [0.717, 1.165) is 0 Å². The molecule has 5 heteroatoms. The van der Waals surface area contributed by atoms with Crippen LogP contribution in [-0.4, -0.2) is 17.0 Å². The summed E-state index contributed by atoms with van der Waals surface area (Å²) in [5, 5.41) is 11.2. The summed E-state index contributed by atoms with van der Waals surface area (Å²) in [5.74, 6) is -2.79. The second kappa shape index (κ2) is 4.16. The lowest BCUT2D eigenvalue weighted by Crippen LogP contribution is -2.16. The van der Waals surface area contributed by atoms with Crippen LogP contribution >= 0.6 is 0 Å². The van der Waals surface area contributed by atoms with Crippen molar-refractivity contribution in [2.45, 2.75) is 13.3 Å². The minimum absolute atomic E-state index is 0.356. The van der Waals surface area contributed by atoms with Crippen molar-refractivity contribution < 1.29 is 19.1 Å². The van der Waals surface area contributed by atoms with E-state index in [1.54, 1.807) is 19.1 Å². The highest BCUT2D eigenvalue weighted by Crippen LogP contribution is 2.39. The second-order valence-corrected chi connectivity index (χ2v) is 4.24. The predicted molar refractivity (Wildman–Crippen MR) is 59.0 cm³/mol. The monoisotopic (exact) mass is 237 g/mol. The molecular formula is C12H12FNO3. The fraction of sp³-hybridized carbons (Fsp3) is 0.333. The van der Waals surface area contributed by atoms with Crippen molar-refractivity contribution in [3.63, 3.8) is 0 Å². The Labute approximate surface area is 97.4 Å². The van der Waals surface area contributed by atoms with Crippen molar-refractivity contribution in [1.29, 1.82) is 0 Å². The van der Waals surface area contributed by atoms with E-state index in [-0.39, 0.29) is 5.91 Å². The normalized spacial score (nSPS) is 22.0. The van der Waals surface area contributed by atoms with Gasteiger partial charge in [0, 0.05) is 5.69 Å². The Morgan fingerprint density at radius 1 is 1.41 bits per heavy atom. The SMILES string of the molecule is Cc1ccc(NC(=O)C2CC2C(=O)O)cc1F. The first kappa shape index (κ1) is 11.6. The molecule has 0 radical (unpaired) electrons. The number of carboxylic acid groups (broad SMARTS) is 1. The highest BCUT2D eigenvalue weighted by Gasteiger charge is 2.48. The quantitative estimate of drug-likeness (QED) is 0.842. The number of benzene rings is 1. The Morgan fingerprint density at radius 2 is 2.12 bits per heavy atom. The van der Waals surface area contributed by atoms with Gasteiger partial charge in [-0.1, -0.05) is 6.07 Å². The van der Waals surface area contributed by atoms with Crippen molar-refractivity contribution in [1.82, 2.24) is 0 Å². The van der Waals surface area contributed by atoms with Gasteiger partial charge >= 0.3 is 5.97 Å². The number of amides is 1. The fourth-order valence-corrected chi connectivity index (χ4v) is 1.66. The molecule has 2 N–H and O–H groups in total. The molecule has 1 saturated carbocycles. The molecule has 17 heavy (non-hydrogen) atoms. The first-order valence-corrected chi connectivity index (χ1v) is 5.29. The summed E-state index contributed by atoms with van der Waals surface area (Å²) in [6, 6.07) is 4.38. The molecule has 0 aromatic heterocycles. The molecule has 0 heterocycles. The third-order valence-corrected chi connectivity index (χ3v) is 2.88. The second-order valence-electron chi connectivity index (χ2n) is 4.24. The number of carboxylic acids is 1. The summed E-state index contributed by atoms with van der Waals surface area (Å²) < 4.78 is 13.2. The summed E-state index contributed by atoms with van der Waals surface area (Å²) in [7, 11) is 0. The van der Waals surface area contributed by atoms with Crippen LogP contribution in [0.25, 0.3) is 0 Å². The first-order valence-electron chi connectivity index (χ1n) is 5.29.